The van der Waals surface area contributed by atoms with E-state index in [0.717, 1.165) is 24.0 Å². The predicted molar refractivity (Wildman–Crippen MR) is 255 cm³/mol. The number of likely N-dealkylation sites (tertiary alicyclic amines) is 1. The largest absolute Gasteiger partial charge is 0.493 e. The number of rotatable bonds is 28. The van der Waals surface area contributed by atoms with Crippen LogP contribution < -0.4 is 31.6 Å². The van der Waals surface area contributed by atoms with Gasteiger partial charge in [-0.05, 0) is 114 Å². The maximum atomic E-state index is 12.9. The van der Waals surface area contributed by atoms with E-state index in [-0.39, 0.29) is 43.2 Å². The molecule has 372 valence electrons. The van der Waals surface area contributed by atoms with Crippen LogP contribution in [0.1, 0.15) is 105 Å². The van der Waals surface area contributed by atoms with Crippen LogP contribution in [0, 0.1) is 29.1 Å². The minimum absolute atomic E-state index is 0.00829. The lowest BCUT2D eigenvalue weighted by Gasteiger charge is -2.30. The molecule has 1 aliphatic rings. The molecule has 0 aliphatic carbocycles. The smallest absolute Gasteiger partial charge is 0.326 e. The van der Waals surface area contributed by atoms with Crippen molar-refractivity contribution in [2.75, 3.05) is 47.1 Å². The van der Waals surface area contributed by atoms with Crippen LogP contribution in [0.4, 0.5) is 0 Å². The lowest BCUT2D eigenvalue weighted by Crippen LogP contribution is -2.53. The summed E-state index contributed by atoms with van der Waals surface area (Å²) >= 11 is 0. The summed E-state index contributed by atoms with van der Waals surface area (Å²) in [4.78, 5) is 62.3. The van der Waals surface area contributed by atoms with Gasteiger partial charge < -0.3 is 50.8 Å². The van der Waals surface area contributed by atoms with E-state index in [1.807, 2.05) is 62.4 Å². The van der Waals surface area contributed by atoms with E-state index in [1.54, 1.807) is 41.9 Å². The second-order valence-electron chi connectivity index (χ2n) is 18.7. The number of benzene rings is 2. The highest BCUT2D eigenvalue weighted by Crippen LogP contribution is 2.32. The summed E-state index contributed by atoms with van der Waals surface area (Å²) in [5.74, 6) is -0.891. The number of primary amides is 1. The van der Waals surface area contributed by atoms with Crippen LogP contribution in [0.2, 0.25) is 0 Å². The normalized spacial score (nSPS) is 16.6. The number of nitrogens with zero attached hydrogens (tertiary/aromatic N) is 1. The number of nitrogens with two attached hydrogens (primary N) is 2. The molecule has 66 heavy (non-hydrogen) atoms. The van der Waals surface area contributed by atoms with Crippen molar-refractivity contribution in [2.45, 2.75) is 137 Å². The summed E-state index contributed by atoms with van der Waals surface area (Å²) in [6.07, 6.45) is 3.85. The molecule has 0 saturated carbocycles. The molecule has 1 saturated heterocycles. The van der Waals surface area contributed by atoms with Crippen LogP contribution in [-0.2, 0) is 46.3 Å². The van der Waals surface area contributed by atoms with Gasteiger partial charge in [-0.15, -0.1) is 0 Å². The van der Waals surface area contributed by atoms with Crippen molar-refractivity contribution >= 4 is 29.7 Å². The van der Waals surface area contributed by atoms with Gasteiger partial charge in [-0.2, -0.15) is 0 Å². The quantitative estimate of drug-likeness (QED) is 0.0492. The van der Waals surface area contributed by atoms with Gasteiger partial charge in [0.25, 0.3) is 0 Å². The number of amides is 3. The predicted octanol–water partition coefficient (Wildman–Crippen LogP) is 4.90. The first-order valence-electron chi connectivity index (χ1n) is 23.5. The van der Waals surface area contributed by atoms with E-state index in [9.17, 15) is 34.2 Å². The van der Waals surface area contributed by atoms with Crippen molar-refractivity contribution in [1.82, 2.24) is 15.5 Å². The van der Waals surface area contributed by atoms with E-state index < -0.39 is 59.5 Å². The molecule has 3 rings (SSSR count). The first-order chi connectivity index (χ1) is 31.2. The summed E-state index contributed by atoms with van der Waals surface area (Å²) in [6, 6.07) is 13.2. The van der Waals surface area contributed by atoms with Crippen molar-refractivity contribution in [3.8, 4) is 11.5 Å². The van der Waals surface area contributed by atoms with Crippen molar-refractivity contribution < 1.29 is 53.1 Å². The van der Waals surface area contributed by atoms with Crippen molar-refractivity contribution in [1.29, 1.82) is 0 Å². The second kappa shape index (κ2) is 29.1. The molecule has 16 nitrogen and oxygen atoms in total. The van der Waals surface area contributed by atoms with Crippen molar-refractivity contribution in [2.24, 2.45) is 40.6 Å². The van der Waals surface area contributed by atoms with Crippen molar-refractivity contribution in [3.63, 3.8) is 0 Å². The highest BCUT2D eigenvalue weighted by Gasteiger charge is 2.37. The molecule has 0 radical (unpaired) electrons. The number of ether oxygens (including phenoxy) is 4. The number of aliphatic carboxylic acids is 1. The highest BCUT2D eigenvalue weighted by molar-refractivity contribution is 5.88. The molecule has 16 heteroatoms. The van der Waals surface area contributed by atoms with E-state index in [1.165, 1.54) is 4.90 Å². The number of carboxylic acid groups (broad SMARTS) is 1. The van der Waals surface area contributed by atoms with Crippen LogP contribution >= 0.6 is 0 Å². The molecular weight excluding hydrogens is 847 g/mol. The molecule has 0 unspecified atom stereocenters. The number of carbonyl (C=O) groups is 5. The average molecular weight is 928 g/mol. The fourth-order valence-electron chi connectivity index (χ4n) is 7.77. The Morgan fingerprint density at radius 1 is 0.924 bits per heavy atom. The number of aliphatic hydroxyl groups excluding tert-OH is 1. The summed E-state index contributed by atoms with van der Waals surface area (Å²) in [7, 11) is 3.29. The third kappa shape index (κ3) is 19.2. The maximum absolute atomic E-state index is 12.9. The Bertz CT molecular complexity index is 1790. The SMILES string of the molecule is CCOC(=O)[C@H](CCc1ccccc1)N[C@@H](C)C(=O)N1CCC[C@H]1C(=O)O.COCCCOc1cc(C[C@@H](C[C@H](N)[C@@H](O)C[C@H](C(=O)NCC(C)(C)C(N)=O)C(C)C)C(C)C)ccc1OC. The van der Waals surface area contributed by atoms with Gasteiger partial charge >= 0.3 is 11.9 Å². The molecule has 0 bridgehead atoms. The van der Waals surface area contributed by atoms with Crippen molar-refractivity contribution in [3.05, 3.63) is 59.7 Å². The summed E-state index contributed by atoms with van der Waals surface area (Å²) in [5, 5.41) is 26.2. The molecule has 0 aromatic heterocycles. The van der Waals surface area contributed by atoms with Crippen LogP contribution in [-0.4, -0.2) is 122 Å². The number of esters is 1. The van der Waals surface area contributed by atoms with E-state index in [2.05, 4.69) is 24.5 Å². The Kier molecular flexibility index (Phi) is 25.3. The maximum Gasteiger partial charge on any atom is 0.326 e. The zero-order valence-electron chi connectivity index (χ0n) is 41.2. The number of nitrogens with one attached hydrogen (secondary N) is 2. The second-order valence-corrected chi connectivity index (χ2v) is 18.7. The zero-order chi connectivity index (χ0) is 49.6. The summed E-state index contributed by atoms with van der Waals surface area (Å²) in [5.41, 5.74) is 13.3. The Hall–Kier alpha value is -4.77. The van der Waals surface area contributed by atoms with Crippen LogP contribution in [0.5, 0.6) is 11.5 Å². The molecule has 0 spiro atoms. The molecule has 3 amide bonds. The number of carboxylic acids is 1. The average Bonchev–Trinajstić information content (AvgIpc) is 3.78. The molecule has 8 N–H and O–H groups in total. The van der Waals surface area contributed by atoms with Gasteiger partial charge in [0.2, 0.25) is 17.7 Å². The van der Waals surface area contributed by atoms with Gasteiger partial charge in [0.05, 0.1) is 37.9 Å². The molecule has 7 atom stereocenters. The molecule has 1 aliphatic heterocycles. The molecule has 1 fully saturated rings. The van der Waals surface area contributed by atoms with Gasteiger partial charge in [-0.3, -0.25) is 24.5 Å². The van der Waals surface area contributed by atoms with E-state index in [4.69, 9.17) is 30.4 Å². The summed E-state index contributed by atoms with van der Waals surface area (Å²) < 4.78 is 21.6. The Labute approximate surface area is 393 Å². The number of hydrogen-bond acceptors (Lipinski definition) is 12. The van der Waals surface area contributed by atoms with Crippen LogP contribution in [0.3, 0.4) is 0 Å². The minimum Gasteiger partial charge on any atom is -0.493 e. The molecule has 2 aromatic carbocycles. The van der Waals surface area contributed by atoms with Crippen LogP contribution in [0.15, 0.2) is 48.5 Å². The number of carbonyl (C=O) groups excluding carboxylic acids is 4. The molecule has 2 aromatic rings. The Morgan fingerprint density at radius 3 is 2.18 bits per heavy atom. The first-order valence-corrected chi connectivity index (χ1v) is 23.5. The standard InChI is InChI=1S/C30H53N3O6.C20H28N2O5/c1-19(2)22(14-21-10-11-26(38-8)27(15-21)39-13-9-12-37-7)16-24(31)25(34)17-23(20(3)4)28(35)33-18-30(5,6)29(32)36;1-3-27-20(26)16(12-11-15-8-5-4-6-9-15)21-14(2)18(23)22-13-7-10-17(22)19(24)25/h10-11,15,19-20,22-25,34H,9,12-14,16-18,31H2,1-8H3,(H2,32,36)(H,33,35);4-6,8-9,14,16-17,21H,3,7,10-13H2,1-2H3,(H,24,25)/t22-,23-,24-,25-;14-,16-,17-/m00/s1. The van der Waals surface area contributed by atoms with Gasteiger partial charge in [-0.1, -0.05) is 64.1 Å². The van der Waals surface area contributed by atoms with Gasteiger partial charge in [0.15, 0.2) is 11.5 Å². The van der Waals surface area contributed by atoms with E-state index >= 15 is 0 Å². The van der Waals surface area contributed by atoms with Gasteiger partial charge in [-0.25, -0.2) is 4.79 Å². The highest BCUT2D eigenvalue weighted by atomic mass is 16.5. The Balaban J connectivity index is 0.000000483. The van der Waals surface area contributed by atoms with Gasteiger partial charge in [0, 0.05) is 45.2 Å². The fourth-order valence-corrected chi connectivity index (χ4v) is 7.77. The number of hydrogen-bond donors (Lipinski definition) is 6. The number of methoxy groups -OCH3 is 2. The van der Waals surface area contributed by atoms with Crippen LogP contribution in [0.25, 0.3) is 0 Å². The van der Waals surface area contributed by atoms with E-state index in [0.29, 0.717) is 69.3 Å². The monoisotopic (exact) mass is 928 g/mol. The Morgan fingerprint density at radius 2 is 1.61 bits per heavy atom. The third-order valence-corrected chi connectivity index (χ3v) is 12.3. The summed E-state index contributed by atoms with van der Waals surface area (Å²) in [6.45, 7) is 17.0. The topological polar surface area (TPSA) is 242 Å². The minimum atomic E-state index is -0.987. The first kappa shape index (κ1) is 57.4. The lowest BCUT2D eigenvalue weighted by atomic mass is 9.80. The third-order valence-electron chi connectivity index (χ3n) is 12.3. The lowest BCUT2D eigenvalue weighted by molar-refractivity contribution is -0.150. The molecule has 1 heterocycles. The number of aliphatic hydroxyl groups is 1. The molecular formula is C50H81N5O11. The number of aryl methyl sites for hydroxylation is 1. The fraction of sp³-hybridized carbons (Fsp3) is 0.660. The van der Waals surface area contributed by atoms with Gasteiger partial charge in [0.1, 0.15) is 12.1 Å². The zero-order valence-corrected chi connectivity index (χ0v) is 41.2.